The van der Waals surface area contributed by atoms with Crippen molar-refractivity contribution in [2.24, 2.45) is 15.0 Å². The number of ether oxygens (including phenoxy) is 3. The van der Waals surface area contributed by atoms with Crippen LogP contribution in [0.5, 0.6) is 34.5 Å². The number of phenolic OH excluding ortho intramolecular Hbond substituents is 3. The van der Waals surface area contributed by atoms with E-state index in [4.69, 9.17) is 14.2 Å². The Hall–Kier alpha value is -4.57. The van der Waals surface area contributed by atoms with E-state index in [0.717, 1.165) is 0 Å². The van der Waals surface area contributed by atoms with Gasteiger partial charge in [0.15, 0.2) is 34.5 Å². The normalized spacial score (nSPS) is 11.7. The zero-order valence-electron chi connectivity index (χ0n) is 23.0. The van der Waals surface area contributed by atoms with Crippen LogP contribution in [0, 0.1) is 0 Å². The van der Waals surface area contributed by atoms with Crippen LogP contribution in [0.1, 0.15) is 16.7 Å². The Kier molecular flexibility index (Phi) is 11.8. The number of rotatable bonds is 15. The first kappa shape index (κ1) is 30.0. The Labute approximate surface area is 234 Å². The predicted octanol–water partition coefficient (Wildman–Crippen LogP) is 3.79. The quantitative estimate of drug-likeness (QED) is 0.247. The number of para-hydroxylation sites is 3. The lowest BCUT2D eigenvalue weighted by atomic mass is 10.2. The van der Waals surface area contributed by atoms with E-state index in [-0.39, 0.29) is 17.2 Å². The first-order valence-corrected chi connectivity index (χ1v) is 12.8. The second-order valence-electron chi connectivity index (χ2n) is 8.65. The van der Waals surface area contributed by atoms with Gasteiger partial charge in [0.1, 0.15) is 0 Å². The third kappa shape index (κ3) is 8.47. The molecule has 0 aromatic heterocycles. The summed E-state index contributed by atoms with van der Waals surface area (Å²) in [5.41, 5.74) is 2.09. The standard InChI is InChI=1S/C30H36N4O6/c1-38-28-22(7-4-10-25(28)35)19-31-13-16-34(17-14-32-20-23-8-5-11-26(36)29(23)39-2)18-15-33-21-24-9-6-12-27(37)30(24)40-3/h4-12,19-21,35-37H,13-18H2,1-3H3. The maximum Gasteiger partial charge on any atom is 0.169 e. The summed E-state index contributed by atoms with van der Waals surface area (Å²) in [7, 11) is 4.52. The summed E-state index contributed by atoms with van der Waals surface area (Å²) in [4.78, 5) is 15.8. The van der Waals surface area contributed by atoms with Crippen molar-refractivity contribution in [1.82, 2.24) is 4.90 Å². The minimum absolute atomic E-state index is 0.0653. The molecular weight excluding hydrogens is 512 g/mol. The van der Waals surface area contributed by atoms with Gasteiger partial charge in [0, 0.05) is 55.0 Å². The lowest BCUT2D eigenvalue weighted by molar-refractivity contribution is 0.298. The van der Waals surface area contributed by atoms with E-state index in [1.54, 1.807) is 55.0 Å². The number of phenols is 3. The fourth-order valence-electron chi connectivity index (χ4n) is 4.02. The van der Waals surface area contributed by atoms with Crippen LogP contribution in [0.15, 0.2) is 69.6 Å². The maximum absolute atomic E-state index is 9.97. The molecule has 3 aromatic carbocycles. The number of aliphatic imine (C=N–C) groups is 3. The fraction of sp³-hybridized carbons (Fsp3) is 0.300. The molecule has 40 heavy (non-hydrogen) atoms. The summed E-state index contributed by atoms with van der Waals surface area (Å²) in [6, 6.07) is 15.4. The molecule has 3 N–H and O–H groups in total. The first-order chi connectivity index (χ1) is 19.5. The van der Waals surface area contributed by atoms with Gasteiger partial charge in [-0.15, -0.1) is 0 Å². The number of aromatic hydroxyl groups is 3. The molecule has 0 saturated heterocycles. The number of hydrogen-bond acceptors (Lipinski definition) is 10. The Bertz CT molecular complexity index is 1170. The summed E-state index contributed by atoms with van der Waals surface area (Å²) in [6.07, 6.45) is 5.07. The van der Waals surface area contributed by atoms with Crippen LogP contribution in [0.2, 0.25) is 0 Å². The summed E-state index contributed by atoms with van der Waals surface area (Å²) >= 11 is 0. The summed E-state index contributed by atoms with van der Waals surface area (Å²) in [5.74, 6) is 1.35. The molecule has 3 rings (SSSR count). The van der Waals surface area contributed by atoms with Gasteiger partial charge in [-0.25, -0.2) is 0 Å². The van der Waals surface area contributed by atoms with E-state index in [1.165, 1.54) is 21.3 Å². The van der Waals surface area contributed by atoms with Gasteiger partial charge in [0.25, 0.3) is 0 Å². The van der Waals surface area contributed by atoms with E-state index in [0.29, 0.717) is 73.2 Å². The Morgan fingerprint density at radius 2 is 0.850 bits per heavy atom. The molecule has 212 valence electrons. The second-order valence-corrected chi connectivity index (χ2v) is 8.65. The second kappa shape index (κ2) is 15.7. The molecule has 10 heteroatoms. The molecule has 3 aromatic rings. The molecule has 0 atom stereocenters. The van der Waals surface area contributed by atoms with Crippen molar-refractivity contribution in [3.63, 3.8) is 0 Å². The van der Waals surface area contributed by atoms with Crippen LogP contribution < -0.4 is 14.2 Å². The Balaban J connectivity index is 1.63. The number of nitrogens with zero attached hydrogens (tertiary/aromatic N) is 4. The molecule has 0 radical (unpaired) electrons. The van der Waals surface area contributed by atoms with Gasteiger partial charge in [-0.2, -0.15) is 0 Å². The van der Waals surface area contributed by atoms with Crippen LogP contribution >= 0.6 is 0 Å². The minimum atomic E-state index is 0.0653. The van der Waals surface area contributed by atoms with Crippen LogP contribution in [0.4, 0.5) is 0 Å². The van der Waals surface area contributed by atoms with Gasteiger partial charge >= 0.3 is 0 Å². The van der Waals surface area contributed by atoms with E-state index >= 15 is 0 Å². The van der Waals surface area contributed by atoms with Crippen molar-refractivity contribution in [3.8, 4) is 34.5 Å². The molecule has 0 aliphatic heterocycles. The molecule has 10 nitrogen and oxygen atoms in total. The molecule has 0 fully saturated rings. The zero-order chi connectivity index (χ0) is 28.7. The monoisotopic (exact) mass is 548 g/mol. The Morgan fingerprint density at radius 3 is 1.12 bits per heavy atom. The number of hydrogen-bond donors (Lipinski definition) is 3. The topological polar surface area (TPSA) is 129 Å². The highest BCUT2D eigenvalue weighted by Crippen LogP contribution is 2.29. The average molecular weight is 549 g/mol. The number of methoxy groups -OCH3 is 3. The van der Waals surface area contributed by atoms with E-state index in [1.807, 2.05) is 18.2 Å². The summed E-state index contributed by atoms with van der Waals surface area (Å²) in [6.45, 7) is 3.54. The predicted molar refractivity (Wildman–Crippen MR) is 158 cm³/mol. The highest BCUT2D eigenvalue weighted by Gasteiger charge is 2.09. The SMILES string of the molecule is COc1c(O)cccc1C=NCCN(CCN=Cc1cccc(O)c1OC)CCN=Cc1cccc(O)c1OC. The molecule has 0 saturated carbocycles. The van der Waals surface area contributed by atoms with Gasteiger partial charge in [0.05, 0.1) is 41.0 Å². The molecule has 0 spiro atoms. The molecule has 0 unspecified atom stereocenters. The molecular formula is C30H36N4O6. The van der Waals surface area contributed by atoms with Crippen LogP contribution in [0.3, 0.4) is 0 Å². The van der Waals surface area contributed by atoms with Crippen molar-refractivity contribution in [2.75, 3.05) is 60.6 Å². The van der Waals surface area contributed by atoms with Crippen LogP contribution in [-0.4, -0.2) is 99.5 Å². The van der Waals surface area contributed by atoms with E-state index in [2.05, 4.69) is 19.9 Å². The lowest BCUT2D eigenvalue weighted by Crippen LogP contribution is -2.31. The molecule has 0 aliphatic carbocycles. The van der Waals surface area contributed by atoms with Gasteiger partial charge < -0.3 is 29.5 Å². The van der Waals surface area contributed by atoms with Crippen LogP contribution in [0.25, 0.3) is 0 Å². The van der Waals surface area contributed by atoms with Crippen LogP contribution in [-0.2, 0) is 0 Å². The minimum Gasteiger partial charge on any atom is -0.504 e. The molecule has 0 aliphatic rings. The van der Waals surface area contributed by atoms with Crippen molar-refractivity contribution in [3.05, 3.63) is 71.3 Å². The van der Waals surface area contributed by atoms with Crippen molar-refractivity contribution in [2.45, 2.75) is 0 Å². The highest BCUT2D eigenvalue weighted by atomic mass is 16.5. The van der Waals surface area contributed by atoms with Gasteiger partial charge in [-0.1, -0.05) is 18.2 Å². The highest BCUT2D eigenvalue weighted by molar-refractivity contribution is 5.86. The van der Waals surface area contributed by atoms with Crippen molar-refractivity contribution >= 4 is 18.6 Å². The number of benzene rings is 3. The smallest absolute Gasteiger partial charge is 0.169 e. The largest absolute Gasteiger partial charge is 0.504 e. The summed E-state index contributed by atoms with van der Waals surface area (Å²) in [5, 5.41) is 29.9. The molecule has 0 heterocycles. The zero-order valence-corrected chi connectivity index (χ0v) is 23.0. The third-order valence-corrected chi connectivity index (χ3v) is 6.01. The average Bonchev–Trinajstić information content (AvgIpc) is 2.95. The van der Waals surface area contributed by atoms with Gasteiger partial charge in [-0.05, 0) is 36.4 Å². The first-order valence-electron chi connectivity index (χ1n) is 12.8. The van der Waals surface area contributed by atoms with Crippen molar-refractivity contribution in [1.29, 1.82) is 0 Å². The molecule has 0 bridgehead atoms. The van der Waals surface area contributed by atoms with Crippen molar-refractivity contribution < 1.29 is 29.5 Å². The summed E-state index contributed by atoms with van der Waals surface area (Å²) < 4.78 is 15.8. The Morgan fingerprint density at radius 1 is 0.550 bits per heavy atom. The van der Waals surface area contributed by atoms with E-state index < -0.39 is 0 Å². The maximum atomic E-state index is 9.97. The van der Waals surface area contributed by atoms with Gasteiger partial charge in [-0.3, -0.25) is 19.9 Å². The van der Waals surface area contributed by atoms with Gasteiger partial charge in [0.2, 0.25) is 0 Å². The fourth-order valence-corrected chi connectivity index (χ4v) is 4.02. The third-order valence-electron chi connectivity index (χ3n) is 6.01. The molecule has 0 amide bonds. The lowest BCUT2D eigenvalue weighted by Gasteiger charge is -2.19. The van der Waals surface area contributed by atoms with E-state index in [9.17, 15) is 15.3 Å².